The maximum atomic E-state index is 4.14. The molecule has 2 N–H and O–H groups in total. The summed E-state index contributed by atoms with van der Waals surface area (Å²) in [5.41, 5.74) is 0. The number of hydrogen-bond acceptors (Lipinski definition) is 4. The molecule has 1 aromatic rings. The van der Waals surface area contributed by atoms with Crippen molar-refractivity contribution in [3.8, 4) is 0 Å². The Morgan fingerprint density at radius 2 is 2.50 bits per heavy atom. The molecule has 0 saturated carbocycles. The van der Waals surface area contributed by atoms with Gasteiger partial charge in [0, 0.05) is 25.0 Å². The monoisotopic (exact) mass is 164 g/mol. The summed E-state index contributed by atoms with van der Waals surface area (Å²) in [5, 5.41) is 6.59. The number of rotatable bonds is 2. The highest BCUT2D eigenvalue weighted by atomic mass is 15.1. The minimum atomic E-state index is 0.515. The first-order valence-corrected chi connectivity index (χ1v) is 4.18. The van der Waals surface area contributed by atoms with Crippen molar-refractivity contribution >= 4 is 5.82 Å². The summed E-state index contributed by atoms with van der Waals surface area (Å²) in [6.07, 6.45) is 6.29. The topological polar surface area (TPSA) is 49.8 Å². The Kier molecular flexibility index (Phi) is 2.18. The van der Waals surface area contributed by atoms with Crippen molar-refractivity contribution in [1.29, 1.82) is 0 Å². The molecule has 1 aliphatic heterocycles. The molecule has 2 rings (SSSR count). The summed E-state index contributed by atoms with van der Waals surface area (Å²) < 4.78 is 0. The van der Waals surface area contributed by atoms with E-state index < -0.39 is 0 Å². The van der Waals surface area contributed by atoms with Crippen molar-refractivity contribution in [1.82, 2.24) is 15.3 Å². The van der Waals surface area contributed by atoms with Crippen LogP contribution in [0.1, 0.15) is 6.42 Å². The summed E-state index contributed by atoms with van der Waals surface area (Å²) >= 11 is 0. The first-order valence-electron chi connectivity index (χ1n) is 4.18. The van der Waals surface area contributed by atoms with Gasteiger partial charge in [-0.1, -0.05) is 0 Å². The van der Waals surface area contributed by atoms with Gasteiger partial charge in [0.2, 0.25) is 0 Å². The van der Waals surface area contributed by atoms with E-state index in [4.69, 9.17) is 0 Å². The van der Waals surface area contributed by atoms with E-state index >= 15 is 0 Å². The fourth-order valence-electron chi connectivity index (χ4n) is 1.36. The molecule has 1 fully saturated rings. The third-order valence-electron chi connectivity index (χ3n) is 1.98. The van der Waals surface area contributed by atoms with Gasteiger partial charge in [-0.3, -0.25) is 4.98 Å². The first kappa shape index (κ1) is 7.49. The standard InChI is InChI=1S/C8H12N4/c1-2-9-5-7(1)12-8-6-10-3-4-11-8/h3-4,6-7,9H,1-2,5H2,(H,11,12)/t7-/m1/s1. The van der Waals surface area contributed by atoms with Crippen molar-refractivity contribution in [3.63, 3.8) is 0 Å². The number of aromatic nitrogens is 2. The van der Waals surface area contributed by atoms with Crippen LogP contribution in [0.4, 0.5) is 5.82 Å². The van der Waals surface area contributed by atoms with Crippen LogP contribution in [0.5, 0.6) is 0 Å². The zero-order chi connectivity index (χ0) is 8.23. The lowest BCUT2D eigenvalue weighted by Crippen LogP contribution is -2.22. The molecule has 2 heterocycles. The maximum Gasteiger partial charge on any atom is 0.144 e. The predicted molar refractivity (Wildman–Crippen MR) is 46.9 cm³/mol. The minimum Gasteiger partial charge on any atom is -0.365 e. The molecule has 0 bridgehead atoms. The van der Waals surface area contributed by atoms with Crippen molar-refractivity contribution < 1.29 is 0 Å². The second-order valence-electron chi connectivity index (χ2n) is 2.92. The van der Waals surface area contributed by atoms with E-state index in [-0.39, 0.29) is 0 Å². The molecule has 64 valence electrons. The molecule has 4 heteroatoms. The van der Waals surface area contributed by atoms with Gasteiger partial charge >= 0.3 is 0 Å². The molecule has 4 nitrogen and oxygen atoms in total. The SMILES string of the molecule is c1cnc(N[C@@H]2CCNC2)cn1. The largest absolute Gasteiger partial charge is 0.365 e. The Morgan fingerprint density at radius 1 is 1.50 bits per heavy atom. The van der Waals surface area contributed by atoms with Crippen molar-refractivity contribution in [2.45, 2.75) is 12.5 Å². The second kappa shape index (κ2) is 3.49. The molecule has 0 radical (unpaired) electrons. The average molecular weight is 164 g/mol. The lowest BCUT2D eigenvalue weighted by Gasteiger charge is -2.10. The Hall–Kier alpha value is -1.16. The fourth-order valence-corrected chi connectivity index (χ4v) is 1.36. The van der Waals surface area contributed by atoms with Gasteiger partial charge in [0.05, 0.1) is 6.20 Å². The molecule has 0 aromatic carbocycles. The number of hydrogen-bond donors (Lipinski definition) is 2. The van der Waals surface area contributed by atoms with Crippen molar-refractivity contribution in [3.05, 3.63) is 18.6 Å². The molecular weight excluding hydrogens is 152 g/mol. The molecule has 1 atom stereocenters. The van der Waals surface area contributed by atoms with E-state index in [0.29, 0.717) is 6.04 Å². The highest BCUT2D eigenvalue weighted by Crippen LogP contribution is 2.05. The van der Waals surface area contributed by atoms with E-state index in [0.717, 1.165) is 25.3 Å². The van der Waals surface area contributed by atoms with Gasteiger partial charge in [-0.25, -0.2) is 4.98 Å². The smallest absolute Gasteiger partial charge is 0.144 e. The van der Waals surface area contributed by atoms with E-state index in [1.54, 1.807) is 18.6 Å². The molecule has 0 aliphatic carbocycles. The third-order valence-corrected chi connectivity index (χ3v) is 1.98. The van der Waals surface area contributed by atoms with E-state index in [1.807, 2.05) is 0 Å². The summed E-state index contributed by atoms with van der Waals surface area (Å²) in [7, 11) is 0. The van der Waals surface area contributed by atoms with Crippen LogP contribution in [0.15, 0.2) is 18.6 Å². The van der Waals surface area contributed by atoms with Gasteiger partial charge < -0.3 is 10.6 Å². The molecular formula is C8H12N4. The van der Waals surface area contributed by atoms with Gasteiger partial charge in [-0.15, -0.1) is 0 Å². The number of anilines is 1. The predicted octanol–water partition coefficient (Wildman–Crippen LogP) is 0.250. The molecule has 1 saturated heterocycles. The Labute approximate surface area is 71.4 Å². The maximum absolute atomic E-state index is 4.14. The Balaban J connectivity index is 1.94. The molecule has 0 amide bonds. The van der Waals surface area contributed by atoms with E-state index in [9.17, 15) is 0 Å². The van der Waals surface area contributed by atoms with Crippen molar-refractivity contribution in [2.24, 2.45) is 0 Å². The van der Waals surface area contributed by atoms with Crippen LogP contribution >= 0.6 is 0 Å². The normalized spacial score (nSPS) is 22.5. The van der Waals surface area contributed by atoms with Crippen LogP contribution in [0, 0.1) is 0 Å². The molecule has 12 heavy (non-hydrogen) atoms. The van der Waals surface area contributed by atoms with Gasteiger partial charge in [-0.2, -0.15) is 0 Å². The first-order chi connectivity index (χ1) is 5.95. The van der Waals surface area contributed by atoms with Gasteiger partial charge in [0.15, 0.2) is 0 Å². The van der Waals surface area contributed by atoms with Gasteiger partial charge in [0.25, 0.3) is 0 Å². The second-order valence-corrected chi connectivity index (χ2v) is 2.92. The average Bonchev–Trinajstić information content (AvgIpc) is 2.59. The summed E-state index contributed by atoms with van der Waals surface area (Å²) in [6, 6.07) is 0.515. The molecule has 0 spiro atoms. The zero-order valence-electron chi connectivity index (χ0n) is 6.83. The lowest BCUT2D eigenvalue weighted by molar-refractivity contribution is 0.786. The van der Waals surface area contributed by atoms with Gasteiger partial charge in [0.1, 0.15) is 5.82 Å². The third kappa shape index (κ3) is 1.71. The number of nitrogens with one attached hydrogen (secondary N) is 2. The summed E-state index contributed by atoms with van der Waals surface area (Å²) in [4.78, 5) is 8.12. The molecule has 0 unspecified atom stereocenters. The van der Waals surface area contributed by atoms with E-state index in [1.165, 1.54) is 0 Å². The Bertz CT molecular complexity index is 230. The lowest BCUT2D eigenvalue weighted by atomic mass is 10.3. The Morgan fingerprint density at radius 3 is 3.17 bits per heavy atom. The van der Waals surface area contributed by atoms with Crippen LogP contribution in [-0.2, 0) is 0 Å². The van der Waals surface area contributed by atoms with Crippen molar-refractivity contribution in [2.75, 3.05) is 18.4 Å². The summed E-state index contributed by atoms with van der Waals surface area (Å²) in [6.45, 7) is 2.12. The van der Waals surface area contributed by atoms with Crippen LogP contribution < -0.4 is 10.6 Å². The number of nitrogens with zero attached hydrogens (tertiary/aromatic N) is 2. The molecule has 1 aliphatic rings. The quantitative estimate of drug-likeness (QED) is 0.658. The molecule has 1 aromatic heterocycles. The van der Waals surface area contributed by atoms with Crippen LogP contribution in [0.25, 0.3) is 0 Å². The highest BCUT2D eigenvalue weighted by Gasteiger charge is 2.13. The van der Waals surface area contributed by atoms with E-state index in [2.05, 4.69) is 20.6 Å². The van der Waals surface area contributed by atoms with Crippen LogP contribution in [-0.4, -0.2) is 29.1 Å². The minimum absolute atomic E-state index is 0.515. The van der Waals surface area contributed by atoms with Crippen LogP contribution in [0.3, 0.4) is 0 Å². The summed E-state index contributed by atoms with van der Waals surface area (Å²) in [5.74, 6) is 0.867. The fraction of sp³-hybridized carbons (Fsp3) is 0.500. The zero-order valence-corrected chi connectivity index (χ0v) is 6.83. The highest BCUT2D eigenvalue weighted by molar-refractivity contribution is 5.31. The van der Waals surface area contributed by atoms with Crippen LogP contribution in [0.2, 0.25) is 0 Å². The van der Waals surface area contributed by atoms with Gasteiger partial charge in [-0.05, 0) is 13.0 Å².